The molecule has 0 bridgehead atoms. The van der Waals surface area contributed by atoms with Gasteiger partial charge in [-0.2, -0.15) is 0 Å². The van der Waals surface area contributed by atoms with Crippen LogP contribution in [-0.4, -0.2) is 35.7 Å². The Labute approximate surface area is 159 Å². The maximum Gasteiger partial charge on any atom is 0.303 e. The lowest BCUT2D eigenvalue weighted by Gasteiger charge is -2.08. The first-order valence-electron chi connectivity index (χ1n) is 8.43. The number of benzene rings is 2. The van der Waals surface area contributed by atoms with E-state index in [-0.39, 0.29) is 13.0 Å². The molecule has 2 aromatic carbocycles. The van der Waals surface area contributed by atoms with Crippen LogP contribution in [0.15, 0.2) is 48.5 Å². The molecule has 6 heteroatoms. The summed E-state index contributed by atoms with van der Waals surface area (Å²) in [6.07, 6.45) is 3.39. The zero-order valence-electron chi connectivity index (χ0n) is 15.2. The number of aliphatic hydroxyl groups is 1. The zero-order valence-corrected chi connectivity index (χ0v) is 16.0. The van der Waals surface area contributed by atoms with Gasteiger partial charge in [0, 0.05) is 25.7 Å². The molecule has 0 heterocycles. The number of hydrogen-bond donors (Lipinski definition) is 2. The molecule has 0 spiro atoms. The van der Waals surface area contributed by atoms with Gasteiger partial charge in [-0.15, -0.1) is 0 Å². The fraction of sp³-hybridized carbons (Fsp3) is 0.350. The first kappa shape index (κ1) is 21.9. The number of aliphatic carboxylic acids is 1. The SMILES string of the molecule is CCO.CSOc1ccc(CCOc2ccc(CCC(=O)O)cc2)cc1. The molecule has 0 amide bonds. The van der Waals surface area contributed by atoms with Crippen molar-refractivity contribution in [2.45, 2.75) is 26.2 Å². The highest BCUT2D eigenvalue weighted by atomic mass is 32.2. The van der Waals surface area contributed by atoms with Gasteiger partial charge in [0.25, 0.3) is 0 Å². The number of carboxylic acid groups (broad SMARTS) is 1. The van der Waals surface area contributed by atoms with Gasteiger partial charge in [0.1, 0.15) is 11.5 Å². The molecule has 26 heavy (non-hydrogen) atoms. The minimum absolute atomic E-state index is 0.149. The van der Waals surface area contributed by atoms with Crippen LogP contribution in [0.4, 0.5) is 0 Å². The van der Waals surface area contributed by atoms with E-state index in [0.717, 1.165) is 23.5 Å². The van der Waals surface area contributed by atoms with Gasteiger partial charge in [-0.25, -0.2) is 0 Å². The van der Waals surface area contributed by atoms with Gasteiger partial charge in [0.05, 0.1) is 18.6 Å². The summed E-state index contributed by atoms with van der Waals surface area (Å²) < 4.78 is 11.0. The Bertz CT molecular complexity index is 626. The average molecular weight is 378 g/mol. The first-order valence-corrected chi connectivity index (χ1v) is 9.58. The third-order valence-corrected chi connectivity index (χ3v) is 3.67. The molecule has 0 radical (unpaired) electrons. The first-order chi connectivity index (χ1) is 12.6. The summed E-state index contributed by atoms with van der Waals surface area (Å²) in [7, 11) is 0. The zero-order chi connectivity index (χ0) is 19.2. The minimum Gasteiger partial charge on any atom is -0.493 e. The molecule has 0 atom stereocenters. The maximum atomic E-state index is 10.5. The van der Waals surface area contributed by atoms with Crippen molar-refractivity contribution < 1.29 is 23.9 Å². The van der Waals surface area contributed by atoms with Gasteiger partial charge < -0.3 is 19.1 Å². The summed E-state index contributed by atoms with van der Waals surface area (Å²) in [5, 5.41) is 16.2. The van der Waals surface area contributed by atoms with E-state index in [0.29, 0.717) is 13.0 Å². The molecule has 0 aromatic heterocycles. The Morgan fingerprint density at radius 2 is 1.46 bits per heavy atom. The number of hydrogen-bond acceptors (Lipinski definition) is 5. The van der Waals surface area contributed by atoms with Crippen LogP contribution in [0.5, 0.6) is 11.5 Å². The predicted octanol–water partition coefficient (Wildman–Crippen LogP) is 3.98. The molecular formula is C20H26O5S. The van der Waals surface area contributed by atoms with Crippen LogP contribution in [0.25, 0.3) is 0 Å². The van der Waals surface area contributed by atoms with Crippen molar-refractivity contribution in [3.05, 3.63) is 59.7 Å². The second-order valence-electron chi connectivity index (χ2n) is 5.35. The molecule has 5 nitrogen and oxygen atoms in total. The number of rotatable bonds is 9. The summed E-state index contributed by atoms with van der Waals surface area (Å²) in [5.41, 5.74) is 2.20. The Morgan fingerprint density at radius 1 is 0.962 bits per heavy atom. The Morgan fingerprint density at radius 3 is 1.96 bits per heavy atom. The van der Waals surface area contributed by atoms with Crippen molar-refractivity contribution in [1.82, 2.24) is 0 Å². The molecule has 142 valence electrons. The quantitative estimate of drug-likeness (QED) is 0.643. The van der Waals surface area contributed by atoms with Gasteiger partial charge in [-0.1, -0.05) is 24.3 Å². The second-order valence-corrected chi connectivity index (χ2v) is 5.85. The summed E-state index contributed by atoms with van der Waals surface area (Å²) in [6.45, 7) is 2.53. The molecule has 2 N–H and O–H groups in total. The van der Waals surface area contributed by atoms with Gasteiger partial charge in [0.15, 0.2) is 0 Å². The van der Waals surface area contributed by atoms with E-state index < -0.39 is 5.97 Å². The van der Waals surface area contributed by atoms with Crippen molar-refractivity contribution in [3.8, 4) is 11.5 Å². The number of carbonyl (C=O) groups is 1. The predicted molar refractivity (Wildman–Crippen MR) is 105 cm³/mol. The largest absolute Gasteiger partial charge is 0.493 e. The molecule has 0 fully saturated rings. The van der Waals surface area contributed by atoms with Gasteiger partial charge in [0.2, 0.25) is 0 Å². The third kappa shape index (κ3) is 9.34. The highest BCUT2D eigenvalue weighted by molar-refractivity contribution is 7.94. The fourth-order valence-electron chi connectivity index (χ4n) is 2.10. The number of ether oxygens (including phenoxy) is 1. The van der Waals surface area contributed by atoms with Crippen molar-refractivity contribution >= 4 is 18.0 Å². The minimum atomic E-state index is -0.778. The molecular weight excluding hydrogens is 352 g/mol. The van der Waals surface area contributed by atoms with Crippen molar-refractivity contribution in [1.29, 1.82) is 0 Å². The van der Waals surface area contributed by atoms with Crippen LogP contribution in [0.3, 0.4) is 0 Å². The topological polar surface area (TPSA) is 76.0 Å². The van der Waals surface area contributed by atoms with Crippen LogP contribution in [-0.2, 0) is 17.6 Å². The summed E-state index contributed by atoms with van der Waals surface area (Å²) in [5.74, 6) is 0.866. The summed E-state index contributed by atoms with van der Waals surface area (Å²) >= 11 is 1.32. The van der Waals surface area contributed by atoms with Crippen molar-refractivity contribution in [3.63, 3.8) is 0 Å². The van der Waals surface area contributed by atoms with E-state index in [1.54, 1.807) is 6.92 Å². The van der Waals surface area contributed by atoms with Gasteiger partial charge in [-0.05, 0) is 48.7 Å². The highest BCUT2D eigenvalue weighted by Crippen LogP contribution is 2.17. The second kappa shape index (κ2) is 13.1. The molecule has 0 unspecified atom stereocenters. The summed E-state index contributed by atoms with van der Waals surface area (Å²) in [6, 6.07) is 15.5. The monoisotopic (exact) mass is 378 g/mol. The van der Waals surface area contributed by atoms with E-state index in [1.165, 1.54) is 17.6 Å². The summed E-state index contributed by atoms with van der Waals surface area (Å²) in [4.78, 5) is 10.5. The number of aliphatic hydroxyl groups excluding tert-OH is 1. The van der Waals surface area contributed by atoms with E-state index in [9.17, 15) is 4.79 Å². The van der Waals surface area contributed by atoms with E-state index in [2.05, 4.69) is 0 Å². The van der Waals surface area contributed by atoms with Crippen molar-refractivity contribution in [2.24, 2.45) is 0 Å². The van der Waals surface area contributed by atoms with E-state index in [4.69, 9.17) is 19.1 Å². The van der Waals surface area contributed by atoms with E-state index in [1.807, 2.05) is 54.8 Å². The molecule has 0 aliphatic carbocycles. The van der Waals surface area contributed by atoms with Crippen LogP contribution in [0, 0.1) is 0 Å². The molecule has 0 aliphatic heterocycles. The molecule has 2 rings (SSSR count). The Kier molecular flexibility index (Phi) is 11.0. The van der Waals surface area contributed by atoms with Crippen LogP contribution < -0.4 is 8.92 Å². The number of aryl methyl sites for hydroxylation is 1. The lowest BCUT2D eigenvalue weighted by molar-refractivity contribution is -0.136. The van der Waals surface area contributed by atoms with Crippen molar-refractivity contribution in [2.75, 3.05) is 19.5 Å². The van der Waals surface area contributed by atoms with Gasteiger partial charge in [-0.3, -0.25) is 4.79 Å². The molecule has 0 aliphatic rings. The molecule has 0 saturated heterocycles. The lowest BCUT2D eigenvalue weighted by atomic mass is 10.1. The van der Waals surface area contributed by atoms with Gasteiger partial charge >= 0.3 is 5.97 Å². The van der Waals surface area contributed by atoms with Crippen LogP contribution in [0.2, 0.25) is 0 Å². The maximum absolute atomic E-state index is 10.5. The van der Waals surface area contributed by atoms with E-state index >= 15 is 0 Å². The Balaban J connectivity index is 0.00000105. The number of carboxylic acids is 1. The fourth-order valence-corrected chi connectivity index (χ4v) is 2.40. The third-order valence-electron chi connectivity index (χ3n) is 3.31. The van der Waals surface area contributed by atoms with Crippen LogP contribution in [0.1, 0.15) is 24.5 Å². The van der Waals surface area contributed by atoms with Crippen LogP contribution >= 0.6 is 12.0 Å². The standard InChI is InChI=1S/C18H20O4S.C2H6O/c1-23-22-17-9-4-15(5-10-17)12-13-21-16-7-2-14(3-8-16)6-11-18(19)20;1-2-3/h2-5,7-10H,6,11-13H2,1H3,(H,19,20);3H,2H2,1H3. The smallest absolute Gasteiger partial charge is 0.303 e. The highest BCUT2D eigenvalue weighted by Gasteiger charge is 2.01. The average Bonchev–Trinajstić information content (AvgIpc) is 2.63. The Hall–Kier alpha value is -2.18. The lowest BCUT2D eigenvalue weighted by Crippen LogP contribution is -2.01. The molecule has 2 aromatic rings. The normalized spacial score (nSPS) is 9.81. The molecule has 0 saturated carbocycles.